The molecule has 3 aromatic rings. The number of carbonyl (C=O) groups excluding carboxylic acids is 2. The number of amides is 2. The minimum absolute atomic E-state index is 0.141. The number of fused-ring (bicyclic) bond motifs is 1. The standard InChI is InChI=1S/C27H25NO6/c1-31-19-11-9-17(10-12-19)16-28-26(29)21-8-6-5-7-20(21)22(27(28)30)13-18-14-23(32-2)25(34-4)24(15-18)33-3/h5-15H,16H2,1-4H3/b22-13+. The molecule has 2 amide bonds. The Hall–Kier alpha value is -4.26. The van der Waals surface area contributed by atoms with Gasteiger partial charge >= 0.3 is 0 Å². The molecule has 0 aliphatic carbocycles. The molecule has 34 heavy (non-hydrogen) atoms. The fraction of sp³-hybridized carbons (Fsp3) is 0.185. The molecule has 0 N–H and O–H groups in total. The third-order valence-corrected chi connectivity index (χ3v) is 5.67. The summed E-state index contributed by atoms with van der Waals surface area (Å²) in [4.78, 5) is 28.1. The number of rotatable bonds is 7. The molecule has 1 aliphatic rings. The van der Waals surface area contributed by atoms with Crippen LogP contribution in [-0.4, -0.2) is 45.2 Å². The first-order valence-electron chi connectivity index (χ1n) is 10.6. The molecule has 7 nitrogen and oxygen atoms in total. The van der Waals surface area contributed by atoms with E-state index < -0.39 is 0 Å². The van der Waals surface area contributed by atoms with Gasteiger partial charge in [-0.3, -0.25) is 14.5 Å². The highest BCUT2D eigenvalue weighted by molar-refractivity contribution is 6.33. The van der Waals surface area contributed by atoms with Gasteiger partial charge in [0, 0.05) is 11.1 Å². The minimum atomic E-state index is -0.381. The molecule has 3 aromatic carbocycles. The zero-order valence-corrected chi connectivity index (χ0v) is 19.5. The van der Waals surface area contributed by atoms with Gasteiger partial charge in [0.2, 0.25) is 5.75 Å². The monoisotopic (exact) mass is 459 g/mol. The molecule has 0 spiro atoms. The van der Waals surface area contributed by atoms with E-state index >= 15 is 0 Å². The lowest BCUT2D eigenvalue weighted by Gasteiger charge is -2.29. The van der Waals surface area contributed by atoms with Crippen molar-refractivity contribution in [1.82, 2.24) is 4.90 Å². The van der Waals surface area contributed by atoms with E-state index in [4.69, 9.17) is 18.9 Å². The quantitative estimate of drug-likeness (QED) is 0.384. The number of hydrogen-bond donors (Lipinski definition) is 0. The Balaban J connectivity index is 1.80. The Morgan fingerprint density at radius 3 is 1.91 bits per heavy atom. The van der Waals surface area contributed by atoms with Crippen LogP contribution in [0.2, 0.25) is 0 Å². The van der Waals surface area contributed by atoms with Gasteiger partial charge < -0.3 is 18.9 Å². The summed E-state index contributed by atoms with van der Waals surface area (Å²) in [5.74, 6) is 1.38. The van der Waals surface area contributed by atoms with Crippen molar-refractivity contribution in [2.75, 3.05) is 28.4 Å². The molecule has 0 saturated carbocycles. The van der Waals surface area contributed by atoms with Gasteiger partial charge in [-0.2, -0.15) is 0 Å². The van der Waals surface area contributed by atoms with Gasteiger partial charge in [0.25, 0.3) is 11.8 Å². The molecule has 7 heteroatoms. The second-order valence-corrected chi connectivity index (χ2v) is 7.61. The maximum Gasteiger partial charge on any atom is 0.261 e. The Kier molecular flexibility index (Phi) is 6.54. The second-order valence-electron chi connectivity index (χ2n) is 7.61. The molecule has 0 bridgehead atoms. The molecule has 0 fully saturated rings. The van der Waals surface area contributed by atoms with Crippen LogP contribution < -0.4 is 18.9 Å². The fourth-order valence-electron chi connectivity index (χ4n) is 3.95. The molecular weight excluding hydrogens is 434 g/mol. The fourth-order valence-corrected chi connectivity index (χ4v) is 3.95. The van der Waals surface area contributed by atoms with E-state index in [0.717, 1.165) is 5.56 Å². The molecule has 0 saturated heterocycles. The predicted octanol–water partition coefficient (Wildman–Crippen LogP) is 4.44. The number of benzene rings is 3. The summed E-state index contributed by atoms with van der Waals surface area (Å²) in [5.41, 5.74) is 2.94. The van der Waals surface area contributed by atoms with Crippen LogP contribution in [-0.2, 0) is 11.3 Å². The maximum absolute atomic E-state index is 13.6. The molecule has 0 aromatic heterocycles. The van der Waals surface area contributed by atoms with E-state index in [9.17, 15) is 9.59 Å². The zero-order valence-electron chi connectivity index (χ0n) is 19.5. The van der Waals surface area contributed by atoms with Crippen LogP contribution in [0, 0.1) is 0 Å². The van der Waals surface area contributed by atoms with Gasteiger partial charge in [0.05, 0.1) is 35.0 Å². The number of hydrogen-bond acceptors (Lipinski definition) is 6. The third kappa shape index (κ3) is 4.20. The van der Waals surface area contributed by atoms with Gasteiger partial charge in [0.1, 0.15) is 5.75 Å². The summed E-state index contributed by atoms with van der Waals surface area (Å²) < 4.78 is 21.5. The molecule has 1 heterocycles. The zero-order chi connectivity index (χ0) is 24.2. The van der Waals surface area contributed by atoms with Crippen molar-refractivity contribution in [1.29, 1.82) is 0 Å². The molecule has 1 aliphatic heterocycles. The van der Waals surface area contributed by atoms with E-state index in [-0.39, 0.29) is 18.4 Å². The van der Waals surface area contributed by atoms with E-state index in [1.54, 1.807) is 55.7 Å². The first kappa shape index (κ1) is 22.9. The van der Waals surface area contributed by atoms with Crippen LogP contribution in [0.4, 0.5) is 0 Å². The van der Waals surface area contributed by atoms with Crippen molar-refractivity contribution >= 4 is 23.5 Å². The number of nitrogens with zero attached hydrogens (tertiary/aromatic N) is 1. The van der Waals surface area contributed by atoms with Crippen molar-refractivity contribution < 1.29 is 28.5 Å². The predicted molar refractivity (Wildman–Crippen MR) is 128 cm³/mol. The summed E-state index contributed by atoms with van der Waals surface area (Å²) >= 11 is 0. The summed E-state index contributed by atoms with van der Waals surface area (Å²) in [5, 5.41) is 0. The van der Waals surface area contributed by atoms with Gasteiger partial charge in [-0.05, 0) is 53.1 Å². The van der Waals surface area contributed by atoms with Gasteiger partial charge in [-0.25, -0.2) is 0 Å². The van der Waals surface area contributed by atoms with Crippen molar-refractivity contribution in [3.05, 3.63) is 82.9 Å². The normalized spacial score (nSPS) is 14.1. The van der Waals surface area contributed by atoms with Gasteiger partial charge in [-0.15, -0.1) is 0 Å². The topological polar surface area (TPSA) is 74.3 Å². The number of ether oxygens (including phenoxy) is 4. The Morgan fingerprint density at radius 1 is 0.735 bits per heavy atom. The van der Waals surface area contributed by atoms with Crippen LogP contribution in [0.15, 0.2) is 60.7 Å². The first-order chi connectivity index (χ1) is 16.5. The SMILES string of the molecule is COc1ccc(CN2C(=O)/C(=C/c3cc(OC)c(OC)c(OC)c3)c3ccccc3C2=O)cc1. The highest BCUT2D eigenvalue weighted by Crippen LogP contribution is 2.40. The highest BCUT2D eigenvalue weighted by atomic mass is 16.5. The Morgan fingerprint density at radius 2 is 1.35 bits per heavy atom. The molecule has 0 atom stereocenters. The van der Waals surface area contributed by atoms with E-state index in [1.165, 1.54) is 26.2 Å². The van der Waals surface area contributed by atoms with Crippen LogP contribution >= 0.6 is 0 Å². The number of imide groups is 1. The second kappa shape index (κ2) is 9.70. The summed E-state index contributed by atoms with van der Waals surface area (Å²) in [7, 11) is 6.18. The largest absolute Gasteiger partial charge is 0.497 e. The minimum Gasteiger partial charge on any atom is -0.497 e. The van der Waals surface area contributed by atoms with E-state index in [0.29, 0.717) is 45.3 Å². The lowest BCUT2D eigenvalue weighted by Crippen LogP contribution is -2.41. The molecule has 174 valence electrons. The number of carbonyl (C=O) groups is 2. The maximum atomic E-state index is 13.6. The van der Waals surface area contributed by atoms with E-state index in [1.807, 2.05) is 18.2 Å². The third-order valence-electron chi connectivity index (χ3n) is 5.67. The Labute approximate surface area is 198 Å². The number of methoxy groups -OCH3 is 4. The smallest absolute Gasteiger partial charge is 0.261 e. The average Bonchev–Trinajstić information content (AvgIpc) is 2.88. The van der Waals surface area contributed by atoms with E-state index in [2.05, 4.69) is 0 Å². The van der Waals surface area contributed by atoms with Crippen LogP contribution in [0.5, 0.6) is 23.0 Å². The van der Waals surface area contributed by atoms with Gasteiger partial charge in [-0.1, -0.05) is 30.3 Å². The van der Waals surface area contributed by atoms with Crippen molar-refractivity contribution in [3.63, 3.8) is 0 Å². The lowest BCUT2D eigenvalue weighted by molar-refractivity contribution is -0.123. The lowest BCUT2D eigenvalue weighted by atomic mass is 9.91. The summed E-state index contributed by atoms with van der Waals surface area (Å²) in [6.45, 7) is 0.141. The summed E-state index contributed by atoms with van der Waals surface area (Å²) in [6.07, 6.45) is 1.74. The molecular formula is C27H25NO6. The van der Waals surface area contributed by atoms with Crippen molar-refractivity contribution in [2.45, 2.75) is 6.54 Å². The van der Waals surface area contributed by atoms with Crippen LogP contribution in [0.25, 0.3) is 11.6 Å². The molecule has 4 rings (SSSR count). The van der Waals surface area contributed by atoms with Crippen molar-refractivity contribution in [3.8, 4) is 23.0 Å². The van der Waals surface area contributed by atoms with Gasteiger partial charge in [0.15, 0.2) is 11.5 Å². The van der Waals surface area contributed by atoms with Crippen LogP contribution in [0.1, 0.15) is 27.0 Å². The average molecular weight is 459 g/mol. The molecule has 0 radical (unpaired) electrons. The van der Waals surface area contributed by atoms with Crippen LogP contribution in [0.3, 0.4) is 0 Å². The Bertz CT molecular complexity index is 1240. The molecule has 0 unspecified atom stereocenters. The van der Waals surface area contributed by atoms with Crippen molar-refractivity contribution in [2.24, 2.45) is 0 Å². The first-order valence-corrected chi connectivity index (χ1v) is 10.6. The highest BCUT2D eigenvalue weighted by Gasteiger charge is 2.34. The summed E-state index contributed by atoms with van der Waals surface area (Å²) in [6, 6.07) is 17.9.